The molecule has 1 aliphatic heterocycles. The van der Waals surface area contributed by atoms with Gasteiger partial charge in [-0.05, 0) is 24.3 Å². The Morgan fingerprint density at radius 1 is 1.47 bits per heavy atom. The first-order chi connectivity index (χ1) is 6.93. The van der Waals surface area contributed by atoms with E-state index >= 15 is 0 Å². The Labute approximate surface area is 92.8 Å². The van der Waals surface area contributed by atoms with Crippen LogP contribution in [0.1, 0.15) is 33.6 Å². The van der Waals surface area contributed by atoms with Crippen LogP contribution in [0.25, 0.3) is 0 Å². The molecule has 0 bridgehead atoms. The first-order valence-corrected chi connectivity index (χ1v) is 5.72. The van der Waals surface area contributed by atoms with Gasteiger partial charge in [0.1, 0.15) is 0 Å². The van der Waals surface area contributed by atoms with Crippen molar-refractivity contribution in [2.45, 2.75) is 33.6 Å². The molecule has 15 heavy (non-hydrogen) atoms. The van der Waals surface area contributed by atoms with Gasteiger partial charge >= 0.3 is 5.97 Å². The number of rotatable bonds is 3. The van der Waals surface area contributed by atoms with Gasteiger partial charge in [-0.2, -0.15) is 0 Å². The van der Waals surface area contributed by atoms with Crippen LogP contribution >= 0.6 is 0 Å². The van der Waals surface area contributed by atoms with E-state index in [4.69, 9.17) is 0 Å². The van der Waals surface area contributed by atoms with E-state index in [1.54, 1.807) is 0 Å². The van der Waals surface area contributed by atoms with E-state index in [1.807, 2.05) is 0 Å². The SMILES string of the molecule is COC(=O)CCN1CCC(C(C)(C)C)C1. The van der Waals surface area contributed by atoms with E-state index in [1.165, 1.54) is 13.5 Å². The highest BCUT2D eigenvalue weighted by molar-refractivity contribution is 5.69. The van der Waals surface area contributed by atoms with Gasteiger partial charge in [0.15, 0.2) is 0 Å². The molecular weight excluding hydrogens is 190 g/mol. The summed E-state index contributed by atoms with van der Waals surface area (Å²) < 4.78 is 4.64. The van der Waals surface area contributed by atoms with Crippen molar-refractivity contribution in [2.75, 3.05) is 26.7 Å². The molecule has 0 radical (unpaired) electrons. The van der Waals surface area contributed by atoms with Crippen LogP contribution in [0.4, 0.5) is 0 Å². The van der Waals surface area contributed by atoms with Crippen molar-refractivity contribution in [1.29, 1.82) is 0 Å². The smallest absolute Gasteiger partial charge is 0.306 e. The maximum Gasteiger partial charge on any atom is 0.306 e. The lowest BCUT2D eigenvalue weighted by Gasteiger charge is -2.27. The van der Waals surface area contributed by atoms with Crippen molar-refractivity contribution in [3.05, 3.63) is 0 Å². The average molecular weight is 213 g/mol. The minimum atomic E-state index is -0.103. The van der Waals surface area contributed by atoms with Gasteiger partial charge in [-0.25, -0.2) is 0 Å². The Kier molecular flexibility index (Phi) is 4.14. The fraction of sp³-hybridized carbons (Fsp3) is 0.917. The van der Waals surface area contributed by atoms with E-state index in [2.05, 4.69) is 30.4 Å². The molecule has 3 heteroatoms. The highest BCUT2D eigenvalue weighted by Crippen LogP contribution is 2.33. The summed E-state index contributed by atoms with van der Waals surface area (Å²) in [7, 11) is 1.45. The molecule has 1 heterocycles. The first-order valence-electron chi connectivity index (χ1n) is 5.72. The summed E-state index contributed by atoms with van der Waals surface area (Å²) in [6.45, 7) is 9.98. The molecule has 1 fully saturated rings. The lowest BCUT2D eigenvalue weighted by Crippen LogP contribution is -2.27. The summed E-state index contributed by atoms with van der Waals surface area (Å²) in [6.07, 6.45) is 1.78. The second-order valence-corrected chi connectivity index (χ2v) is 5.48. The lowest BCUT2D eigenvalue weighted by molar-refractivity contribution is -0.140. The summed E-state index contributed by atoms with van der Waals surface area (Å²) in [5.41, 5.74) is 0.389. The van der Waals surface area contributed by atoms with Crippen LogP contribution in [0.2, 0.25) is 0 Å². The molecule has 0 aromatic heterocycles. The van der Waals surface area contributed by atoms with E-state index in [9.17, 15) is 4.79 Å². The number of hydrogen-bond donors (Lipinski definition) is 0. The van der Waals surface area contributed by atoms with Crippen molar-refractivity contribution in [2.24, 2.45) is 11.3 Å². The Hall–Kier alpha value is -0.570. The van der Waals surface area contributed by atoms with Gasteiger partial charge in [0, 0.05) is 13.1 Å². The number of ether oxygens (including phenoxy) is 1. The molecule has 0 aliphatic carbocycles. The van der Waals surface area contributed by atoms with Crippen molar-refractivity contribution in [1.82, 2.24) is 4.90 Å². The second-order valence-electron chi connectivity index (χ2n) is 5.48. The third-order valence-electron chi connectivity index (χ3n) is 3.36. The molecule has 1 atom stereocenters. The fourth-order valence-electron chi connectivity index (χ4n) is 2.09. The molecule has 1 rings (SSSR count). The third-order valence-corrected chi connectivity index (χ3v) is 3.36. The van der Waals surface area contributed by atoms with Gasteiger partial charge in [-0.1, -0.05) is 20.8 Å². The highest BCUT2D eigenvalue weighted by atomic mass is 16.5. The number of methoxy groups -OCH3 is 1. The van der Waals surface area contributed by atoms with Crippen molar-refractivity contribution >= 4 is 5.97 Å². The zero-order valence-corrected chi connectivity index (χ0v) is 10.4. The number of carbonyl (C=O) groups is 1. The van der Waals surface area contributed by atoms with Crippen LogP contribution in [0, 0.1) is 11.3 Å². The summed E-state index contributed by atoms with van der Waals surface area (Å²) in [5, 5.41) is 0. The van der Waals surface area contributed by atoms with Crippen LogP contribution in [0.3, 0.4) is 0 Å². The molecule has 0 N–H and O–H groups in total. The highest BCUT2D eigenvalue weighted by Gasteiger charge is 2.31. The number of hydrogen-bond acceptors (Lipinski definition) is 3. The summed E-state index contributed by atoms with van der Waals surface area (Å²) in [5.74, 6) is 0.657. The quantitative estimate of drug-likeness (QED) is 0.671. The van der Waals surface area contributed by atoms with Crippen LogP contribution in [0.15, 0.2) is 0 Å². The molecular formula is C12H23NO2. The monoisotopic (exact) mass is 213 g/mol. The first kappa shape index (κ1) is 12.5. The predicted octanol–water partition coefficient (Wildman–Crippen LogP) is 1.92. The maximum atomic E-state index is 11.0. The zero-order chi connectivity index (χ0) is 11.5. The number of esters is 1. The minimum Gasteiger partial charge on any atom is -0.469 e. The zero-order valence-electron chi connectivity index (χ0n) is 10.4. The van der Waals surface area contributed by atoms with E-state index in [-0.39, 0.29) is 5.97 Å². The van der Waals surface area contributed by atoms with Gasteiger partial charge in [0.2, 0.25) is 0 Å². The minimum absolute atomic E-state index is 0.103. The summed E-state index contributed by atoms with van der Waals surface area (Å²) in [6, 6.07) is 0. The Morgan fingerprint density at radius 2 is 2.13 bits per heavy atom. The Bertz CT molecular complexity index is 220. The van der Waals surface area contributed by atoms with Crippen LogP contribution in [-0.4, -0.2) is 37.6 Å². The molecule has 1 saturated heterocycles. The van der Waals surface area contributed by atoms with Crippen molar-refractivity contribution in [3.63, 3.8) is 0 Å². The number of nitrogens with zero attached hydrogens (tertiary/aromatic N) is 1. The molecule has 3 nitrogen and oxygen atoms in total. The molecule has 88 valence electrons. The Balaban J connectivity index is 2.28. The molecule has 0 amide bonds. The van der Waals surface area contributed by atoms with Gasteiger partial charge in [-0.3, -0.25) is 4.79 Å². The van der Waals surface area contributed by atoms with Crippen LogP contribution in [0.5, 0.6) is 0 Å². The maximum absolute atomic E-state index is 11.0. The summed E-state index contributed by atoms with van der Waals surface area (Å²) >= 11 is 0. The largest absolute Gasteiger partial charge is 0.469 e. The summed E-state index contributed by atoms with van der Waals surface area (Å²) in [4.78, 5) is 13.4. The van der Waals surface area contributed by atoms with Crippen molar-refractivity contribution < 1.29 is 9.53 Å². The average Bonchev–Trinajstić information content (AvgIpc) is 2.61. The van der Waals surface area contributed by atoms with Crippen LogP contribution < -0.4 is 0 Å². The van der Waals surface area contributed by atoms with Gasteiger partial charge in [0.25, 0.3) is 0 Å². The van der Waals surface area contributed by atoms with E-state index < -0.39 is 0 Å². The predicted molar refractivity (Wildman–Crippen MR) is 60.6 cm³/mol. The standard InChI is InChI=1S/C12H23NO2/c1-12(2,3)10-5-7-13(9-10)8-6-11(14)15-4/h10H,5-9H2,1-4H3. The van der Waals surface area contributed by atoms with Gasteiger partial charge in [-0.15, -0.1) is 0 Å². The third kappa shape index (κ3) is 3.82. The van der Waals surface area contributed by atoms with Gasteiger partial charge < -0.3 is 9.64 Å². The lowest BCUT2D eigenvalue weighted by atomic mass is 9.80. The van der Waals surface area contributed by atoms with Gasteiger partial charge in [0.05, 0.1) is 13.5 Å². The molecule has 0 aromatic carbocycles. The van der Waals surface area contributed by atoms with E-state index in [0.29, 0.717) is 11.8 Å². The topological polar surface area (TPSA) is 29.5 Å². The van der Waals surface area contributed by atoms with Crippen LogP contribution in [-0.2, 0) is 9.53 Å². The number of likely N-dealkylation sites (tertiary alicyclic amines) is 1. The normalized spacial score (nSPS) is 23.1. The van der Waals surface area contributed by atoms with Crippen molar-refractivity contribution in [3.8, 4) is 0 Å². The molecule has 1 unspecified atom stereocenters. The number of carbonyl (C=O) groups excluding carboxylic acids is 1. The second kappa shape index (κ2) is 4.97. The molecule has 1 aliphatic rings. The Morgan fingerprint density at radius 3 is 2.60 bits per heavy atom. The van der Waals surface area contributed by atoms with E-state index in [0.717, 1.165) is 25.6 Å². The molecule has 0 saturated carbocycles. The molecule has 0 spiro atoms. The fourth-order valence-corrected chi connectivity index (χ4v) is 2.09. The molecule has 0 aromatic rings.